The Morgan fingerprint density at radius 1 is 0.897 bits per heavy atom. The summed E-state index contributed by atoms with van der Waals surface area (Å²) < 4.78 is 4.76. The maximum Gasteiger partial charge on any atom is 0.339 e. The first-order chi connectivity index (χ1) is 14.0. The first-order valence-electron chi connectivity index (χ1n) is 9.19. The van der Waals surface area contributed by atoms with Crippen LogP contribution in [0.25, 0.3) is 0 Å². The molecule has 2 aromatic carbocycles. The van der Waals surface area contributed by atoms with Crippen LogP contribution in [0.1, 0.15) is 23.2 Å². The van der Waals surface area contributed by atoms with Gasteiger partial charge in [0.05, 0.1) is 30.2 Å². The van der Waals surface area contributed by atoms with Crippen molar-refractivity contribution in [1.82, 2.24) is 0 Å². The Balaban J connectivity index is 1.75. The second kappa shape index (κ2) is 9.39. The van der Waals surface area contributed by atoms with Gasteiger partial charge in [0.15, 0.2) is 0 Å². The normalized spacial score (nSPS) is 18.0. The second-order valence-electron chi connectivity index (χ2n) is 6.68. The number of rotatable bonds is 5. The van der Waals surface area contributed by atoms with E-state index < -0.39 is 17.8 Å². The molecule has 3 rings (SSSR count). The van der Waals surface area contributed by atoms with Gasteiger partial charge in [0.25, 0.3) is 0 Å². The van der Waals surface area contributed by atoms with Crippen LogP contribution in [0, 0.1) is 11.8 Å². The highest BCUT2D eigenvalue weighted by molar-refractivity contribution is 6.30. The number of nitrogens with one attached hydrogen (secondary N) is 2. The average molecular weight is 413 g/mol. The summed E-state index contributed by atoms with van der Waals surface area (Å²) in [5, 5.41) is 6.20. The number of methoxy groups -OCH3 is 1. The van der Waals surface area contributed by atoms with Gasteiger partial charge in [0, 0.05) is 10.7 Å². The van der Waals surface area contributed by atoms with Gasteiger partial charge in [-0.05, 0) is 49.2 Å². The molecule has 0 saturated heterocycles. The van der Waals surface area contributed by atoms with Crippen molar-refractivity contribution in [2.24, 2.45) is 11.8 Å². The van der Waals surface area contributed by atoms with E-state index in [-0.39, 0.29) is 17.4 Å². The van der Waals surface area contributed by atoms with Crippen LogP contribution in [-0.4, -0.2) is 24.9 Å². The Labute approximate surface area is 173 Å². The Bertz CT molecular complexity index is 940. The van der Waals surface area contributed by atoms with Gasteiger partial charge in [0.1, 0.15) is 0 Å². The molecule has 0 aromatic heterocycles. The van der Waals surface area contributed by atoms with Crippen molar-refractivity contribution in [3.63, 3.8) is 0 Å². The fourth-order valence-corrected chi connectivity index (χ4v) is 3.39. The summed E-state index contributed by atoms with van der Waals surface area (Å²) in [6.45, 7) is 0. The number of allylic oxidation sites excluding steroid dienone is 2. The lowest BCUT2D eigenvalue weighted by atomic mass is 9.81. The van der Waals surface area contributed by atoms with Gasteiger partial charge in [0.2, 0.25) is 11.8 Å². The van der Waals surface area contributed by atoms with Gasteiger partial charge in [-0.3, -0.25) is 9.59 Å². The predicted molar refractivity (Wildman–Crippen MR) is 112 cm³/mol. The standard InChI is InChI=1S/C22H21ClN2O4/c1-29-22(28)18-8-4-5-9-19(18)25-21(27)17-7-3-2-6-16(17)20(26)24-15-12-10-14(23)11-13-15/h2-5,8-13,16-17H,6-7H2,1H3,(H,24,26)(H,25,27). The van der Waals surface area contributed by atoms with Crippen LogP contribution in [0.5, 0.6) is 0 Å². The van der Waals surface area contributed by atoms with Crippen molar-refractivity contribution in [3.8, 4) is 0 Å². The van der Waals surface area contributed by atoms with Crippen molar-refractivity contribution in [1.29, 1.82) is 0 Å². The summed E-state index contributed by atoms with van der Waals surface area (Å²) in [6.07, 6.45) is 4.68. The molecule has 1 aliphatic rings. The molecule has 29 heavy (non-hydrogen) atoms. The van der Waals surface area contributed by atoms with Crippen LogP contribution in [-0.2, 0) is 14.3 Å². The third-order valence-corrected chi connectivity index (χ3v) is 5.06. The molecule has 0 radical (unpaired) electrons. The van der Waals surface area contributed by atoms with Crippen LogP contribution < -0.4 is 10.6 Å². The third kappa shape index (κ3) is 5.03. The van der Waals surface area contributed by atoms with E-state index in [9.17, 15) is 14.4 Å². The van der Waals surface area contributed by atoms with E-state index in [1.807, 2.05) is 12.2 Å². The predicted octanol–water partition coefficient (Wildman–Crippen LogP) is 4.29. The van der Waals surface area contributed by atoms with E-state index >= 15 is 0 Å². The number of hydrogen-bond acceptors (Lipinski definition) is 4. The molecular formula is C22H21ClN2O4. The van der Waals surface area contributed by atoms with E-state index in [1.165, 1.54) is 7.11 Å². The minimum atomic E-state index is -0.557. The number of amides is 2. The van der Waals surface area contributed by atoms with E-state index in [2.05, 4.69) is 10.6 Å². The summed E-state index contributed by atoms with van der Waals surface area (Å²) in [7, 11) is 1.28. The van der Waals surface area contributed by atoms with Crippen molar-refractivity contribution in [3.05, 3.63) is 71.3 Å². The molecule has 2 aromatic rings. The Morgan fingerprint density at radius 3 is 2.10 bits per heavy atom. The van der Waals surface area contributed by atoms with Gasteiger partial charge in [-0.1, -0.05) is 35.9 Å². The molecule has 7 heteroatoms. The van der Waals surface area contributed by atoms with Crippen LogP contribution in [0.4, 0.5) is 11.4 Å². The fourth-order valence-electron chi connectivity index (χ4n) is 3.27. The first-order valence-corrected chi connectivity index (χ1v) is 9.57. The summed E-state index contributed by atoms with van der Waals surface area (Å²) in [5.74, 6) is -2.18. The zero-order valence-electron chi connectivity index (χ0n) is 15.9. The summed E-state index contributed by atoms with van der Waals surface area (Å²) in [4.78, 5) is 37.7. The van der Waals surface area contributed by atoms with Crippen LogP contribution in [0.15, 0.2) is 60.7 Å². The third-order valence-electron chi connectivity index (χ3n) is 4.81. The highest BCUT2D eigenvalue weighted by Crippen LogP contribution is 2.29. The monoisotopic (exact) mass is 412 g/mol. The maximum atomic E-state index is 12.9. The molecule has 0 spiro atoms. The highest BCUT2D eigenvalue weighted by Gasteiger charge is 2.34. The second-order valence-corrected chi connectivity index (χ2v) is 7.11. The molecule has 6 nitrogen and oxygen atoms in total. The van der Waals surface area contributed by atoms with Gasteiger partial charge in [-0.15, -0.1) is 0 Å². The zero-order chi connectivity index (χ0) is 20.8. The quantitative estimate of drug-likeness (QED) is 0.566. The minimum absolute atomic E-state index is 0.238. The number of hydrogen-bond donors (Lipinski definition) is 2. The summed E-state index contributed by atoms with van der Waals surface area (Å²) >= 11 is 5.88. The average Bonchev–Trinajstić information content (AvgIpc) is 2.75. The zero-order valence-corrected chi connectivity index (χ0v) is 16.6. The van der Waals surface area contributed by atoms with Gasteiger partial charge in [-0.2, -0.15) is 0 Å². The Morgan fingerprint density at radius 2 is 1.48 bits per heavy atom. The van der Waals surface area contributed by atoms with Crippen molar-refractivity contribution >= 4 is 40.8 Å². The number of anilines is 2. The van der Waals surface area contributed by atoms with E-state index in [0.717, 1.165) is 0 Å². The number of carbonyl (C=O) groups is 3. The van der Waals surface area contributed by atoms with Crippen molar-refractivity contribution in [2.75, 3.05) is 17.7 Å². The number of para-hydroxylation sites is 1. The van der Waals surface area contributed by atoms with Crippen molar-refractivity contribution < 1.29 is 19.1 Å². The van der Waals surface area contributed by atoms with E-state index in [4.69, 9.17) is 16.3 Å². The van der Waals surface area contributed by atoms with Gasteiger partial charge >= 0.3 is 5.97 Å². The largest absolute Gasteiger partial charge is 0.465 e. The number of esters is 1. The molecule has 0 aliphatic heterocycles. The lowest BCUT2D eigenvalue weighted by Crippen LogP contribution is -2.37. The smallest absolute Gasteiger partial charge is 0.339 e. The molecule has 0 saturated carbocycles. The molecule has 0 bridgehead atoms. The number of benzene rings is 2. The molecule has 2 atom stereocenters. The summed E-state index contributed by atoms with van der Waals surface area (Å²) in [6, 6.07) is 13.4. The van der Waals surface area contributed by atoms with Gasteiger partial charge in [-0.25, -0.2) is 4.79 Å². The number of halogens is 1. The Kier molecular flexibility index (Phi) is 6.67. The van der Waals surface area contributed by atoms with Crippen LogP contribution in [0.2, 0.25) is 5.02 Å². The molecule has 2 N–H and O–H groups in total. The van der Waals surface area contributed by atoms with E-state index in [0.29, 0.717) is 29.2 Å². The Hall–Kier alpha value is -3.12. The molecular weight excluding hydrogens is 392 g/mol. The molecule has 150 valence electrons. The number of ether oxygens (including phenoxy) is 1. The fraction of sp³-hybridized carbons (Fsp3) is 0.227. The topological polar surface area (TPSA) is 84.5 Å². The minimum Gasteiger partial charge on any atom is -0.465 e. The molecule has 0 fully saturated rings. The maximum absolute atomic E-state index is 12.9. The molecule has 2 amide bonds. The molecule has 2 unspecified atom stereocenters. The van der Waals surface area contributed by atoms with Crippen LogP contribution >= 0.6 is 11.6 Å². The lowest BCUT2D eigenvalue weighted by molar-refractivity contribution is -0.129. The van der Waals surface area contributed by atoms with E-state index in [1.54, 1.807) is 48.5 Å². The molecule has 0 heterocycles. The lowest BCUT2D eigenvalue weighted by Gasteiger charge is -2.27. The number of carbonyl (C=O) groups excluding carboxylic acids is 3. The first kappa shape index (κ1) is 20.6. The van der Waals surface area contributed by atoms with Crippen LogP contribution in [0.3, 0.4) is 0 Å². The highest BCUT2D eigenvalue weighted by atomic mass is 35.5. The summed E-state index contributed by atoms with van der Waals surface area (Å²) in [5.41, 5.74) is 1.23. The van der Waals surface area contributed by atoms with Crippen molar-refractivity contribution in [2.45, 2.75) is 12.8 Å². The van der Waals surface area contributed by atoms with Gasteiger partial charge < -0.3 is 15.4 Å². The SMILES string of the molecule is COC(=O)c1ccccc1NC(=O)C1CC=CCC1C(=O)Nc1ccc(Cl)cc1. The molecule has 1 aliphatic carbocycles.